The van der Waals surface area contributed by atoms with Crippen LogP contribution in [0.3, 0.4) is 0 Å². The Morgan fingerprint density at radius 1 is 1.22 bits per heavy atom. The first kappa shape index (κ1) is 38.5. The second kappa shape index (κ2) is 15.8. The van der Waals surface area contributed by atoms with Crippen molar-refractivity contribution in [2.75, 3.05) is 32.6 Å². The Balaban J connectivity index is 1.35. The molecule has 13 heteroatoms. The van der Waals surface area contributed by atoms with Crippen molar-refractivity contribution >= 4 is 45.5 Å². The van der Waals surface area contributed by atoms with Gasteiger partial charge >= 0.3 is 5.97 Å². The van der Waals surface area contributed by atoms with Crippen LogP contribution in [-0.4, -0.2) is 82.0 Å². The fraction of sp³-hybridized carbons (Fsp3) is 0.585. The molecule has 2 amide bonds. The predicted octanol–water partition coefficient (Wildman–Crippen LogP) is 5.34. The standard InChI is InChI=1S/C41H55N7O5S/c1-23-24(2)35(23)38(49)45-31-19-34-44-32(21-54-34)26-12-13-33-28(18-26)29(20-41(4,5)22-53-40(51)30-11-8-17-48(46-30)39(31)50)37(47(33)16-9-14-42)27-10-7-15-43-36(27)25(3)52-6/h7,10,12-13,15,18,23-25,30-32,35,46H,8-9,11,14,16-17,19-22,42H2,1-6H3,(H,45,49)/t23-,24+,25-,30-,31-,32?,35?/m0/s1. The number of cyclic esters (lactones) is 1. The summed E-state index contributed by atoms with van der Waals surface area (Å²) in [5.74, 6) is 0.422. The van der Waals surface area contributed by atoms with Gasteiger partial charge in [0.2, 0.25) is 5.91 Å². The molecule has 3 aromatic rings. The number of pyridine rings is 1. The number of aryl methyl sites for hydroxylation is 1. The summed E-state index contributed by atoms with van der Waals surface area (Å²) in [6.45, 7) is 12.3. The van der Waals surface area contributed by atoms with Crippen molar-refractivity contribution in [3.63, 3.8) is 0 Å². The SMILES string of the molecule is CO[C@@H](C)c1ncccc1-c1c2c3cc(ccc3n1CCCN)C1CSC(=N1)C[C@H](NC(=O)C1[C@@H](C)[C@H]1C)C(=O)N1CCC[C@H](N1)C(=O)OCC(C)(C)C2. The number of benzene rings is 1. The monoisotopic (exact) mass is 757 g/mol. The Morgan fingerprint density at radius 3 is 2.76 bits per heavy atom. The fourth-order valence-electron chi connectivity index (χ4n) is 8.36. The number of hydrazine groups is 1. The summed E-state index contributed by atoms with van der Waals surface area (Å²) in [5.41, 5.74) is 15.1. The van der Waals surface area contributed by atoms with Gasteiger partial charge in [0.05, 0.1) is 35.2 Å². The molecule has 1 aliphatic carbocycles. The summed E-state index contributed by atoms with van der Waals surface area (Å²) in [4.78, 5) is 51.2. The molecule has 1 saturated carbocycles. The molecule has 2 unspecified atom stereocenters. The number of carbonyl (C=O) groups excluding carboxylic acids is 3. The van der Waals surface area contributed by atoms with Crippen LogP contribution in [0.2, 0.25) is 0 Å². The minimum absolute atomic E-state index is 0.101. The molecule has 54 heavy (non-hydrogen) atoms. The molecule has 4 aliphatic rings. The molecular formula is C41H55N7O5S. The number of carbonyl (C=O) groups is 3. The number of aromatic nitrogens is 2. The molecule has 7 atom stereocenters. The molecular weight excluding hydrogens is 703 g/mol. The summed E-state index contributed by atoms with van der Waals surface area (Å²) in [6, 6.07) is 9.12. The van der Waals surface area contributed by atoms with Crippen LogP contribution in [0.5, 0.6) is 0 Å². The number of amides is 2. The molecule has 1 saturated heterocycles. The number of thioether (sulfide) groups is 1. The van der Waals surface area contributed by atoms with Crippen LogP contribution in [0.4, 0.5) is 0 Å². The third kappa shape index (κ3) is 7.69. The average Bonchev–Trinajstić information content (AvgIpc) is 3.44. The molecule has 5 heterocycles. The molecule has 2 aromatic heterocycles. The van der Waals surface area contributed by atoms with E-state index >= 15 is 0 Å². The lowest BCUT2D eigenvalue weighted by atomic mass is 9.84. The van der Waals surface area contributed by atoms with Crippen molar-refractivity contribution in [1.82, 2.24) is 25.3 Å². The molecule has 0 radical (unpaired) electrons. The number of hydrogen-bond donors (Lipinski definition) is 3. The van der Waals surface area contributed by atoms with E-state index in [1.165, 1.54) is 5.01 Å². The summed E-state index contributed by atoms with van der Waals surface area (Å²) in [6.07, 6.45) is 4.46. The maximum absolute atomic E-state index is 14.1. The first-order chi connectivity index (χ1) is 25.9. The normalized spacial score (nSPS) is 27.6. The van der Waals surface area contributed by atoms with E-state index in [-0.39, 0.29) is 54.7 Å². The maximum Gasteiger partial charge on any atom is 0.324 e. The second-order valence-electron chi connectivity index (χ2n) is 16.3. The van der Waals surface area contributed by atoms with Gasteiger partial charge in [-0.2, -0.15) is 0 Å². The Labute approximate surface area is 322 Å². The lowest BCUT2D eigenvalue weighted by Gasteiger charge is -2.35. The van der Waals surface area contributed by atoms with Crippen molar-refractivity contribution in [1.29, 1.82) is 0 Å². The molecule has 1 aromatic carbocycles. The maximum atomic E-state index is 14.1. The van der Waals surface area contributed by atoms with Gasteiger partial charge in [-0.3, -0.25) is 29.4 Å². The number of esters is 1. The van der Waals surface area contributed by atoms with Crippen LogP contribution in [0.15, 0.2) is 41.5 Å². The first-order valence-corrected chi connectivity index (χ1v) is 20.5. The third-order valence-electron chi connectivity index (χ3n) is 11.8. The Kier molecular flexibility index (Phi) is 11.2. The smallest absolute Gasteiger partial charge is 0.324 e. The largest absolute Gasteiger partial charge is 0.464 e. The average molecular weight is 758 g/mol. The van der Waals surface area contributed by atoms with Gasteiger partial charge in [-0.05, 0) is 86.4 Å². The number of methoxy groups -OCH3 is 1. The topological polar surface area (TPSA) is 153 Å². The predicted molar refractivity (Wildman–Crippen MR) is 212 cm³/mol. The minimum atomic E-state index is -0.807. The molecule has 0 spiro atoms. The van der Waals surface area contributed by atoms with Crippen LogP contribution in [0.1, 0.15) is 89.3 Å². The number of nitrogens with two attached hydrogens (primary N) is 1. The number of rotatable bonds is 8. The van der Waals surface area contributed by atoms with Gasteiger partial charge in [-0.25, -0.2) is 5.43 Å². The van der Waals surface area contributed by atoms with Crippen molar-refractivity contribution < 1.29 is 23.9 Å². The number of nitrogens with zero attached hydrogens (tertiary/aromatic N) is 4. The molecule has 2 fully saturated rings. The number of hydrogen-bond acceptors (Lipinski definition) is 10. The van der Waals surface area contributed by atoms with Gasteiger partial charge in [0.25, 0.3) is 5.91 Å². The van der Waals surface area contributed by atoms with Crippen LogP contribution in [0.25, 0.3) is 22.2 Å². The highest BCUT2D eigenvalue weighted by atomic mass is 32.2. The van der Waals surface area contributed by atoms with Crippen molar-refractivity contribution in [3.8, 4) is 11.3 Å². The molecule has 6 bridgehead atoms. The fourth-order valence-corrected chi connectivity index (χ4v) is 9.46. The summed E-state index contributed by atoms with van der Waals surface area (Å²) < 4.78 is 14.3. The molecule has 7 rings (SSSR count). The quantitative estimate of drug-likeness (QED) is 0.259. The van der Waals surface area contributed by atoms with Gasteiger partial charge in [-0.1, -0.05) is 33.8 Å². The van der Waals surface area contributed by atoms with Crippen molar-refractivity contribution in [2.45, 2.75) is 97.5 Å². The van der Waals surface area contributed by atoms with Crippen LogP contribution < -0.4 is 16.5 Å². The van der Waals surface area contributed by atoms with Crippen LogP contribution >= 0.6 is 11.8 Å². The Morgan fingerprint density at radius 2 is 2.02 bits per heavy atom. The molecule has 3 aliphatic heterocycles. The zero-order valence-electron chi connectivity index (χ0n) is 32.4. The summed E-state index contributed by atoms with van der Waals surface area (Å²) in [5, 5.41) is 6.55. The highest BCUT2D eigenvalue weighted by Gasteiger charge is 2.49. The highest BCUT2D eigenvalue weighted by Crippen LogP contribution is 2.46. The third-order valence-corrected chi connectivity index (χ3v) is 12.9. The highest BCUT2D eigenvalue weighted by molar-refractivity contribution is 8.14. The second-order valence-corrected chi connectivity index (χ2v) is 17.4. The first-order valence-electron chi connectivity index (χ1n) is 19.5. The van der Waals surface area contributed by atoms with E-state index in [4.69, 9.17) is 25.2 Å². The zero-order chi connectivity index (χ0) is 38.3. The van der Waals surface area contributed by atoms with E-state index < -0.39 is 23.5 Å². The van der Waals surface area contributed by atoms with Gasteiger partial charge in [0.1, 0.15) is 12.1 Å². The number of nitrogens with one attached hydrogen (secondary N) is 2. The van der Waals surface area contributed by atoms with Crippen molar-refractivity contribution in [3.05, 3.63) is 53.3 Å². The lowest BCUT2D eigenvalue weighted by Crippen LogP contribution is -2.60. The Bertz CT molecular complexity index is 1940. The molecule has 290 valence electrons. The van der Waals surface area contributed by atoms with E-state index in [9.17, 15) is 14.4 Å². The lowest BCUT2D eigenvalue weighted by molar-refractivity contribution is -0.155. The van der Waals surface area contributed by atoms with E-state index in [0.29, 0.717) is 32.4 Å². The number of aliphatic imine (C=N–C) groups is 1. The van der Waals surface area contributed by atoms with E-state index in [2.05, 4.69) is 67.3 Å². The minimum Gasteiger partial charge on any atom is -0.464 e. The number of fused-ring (bicyclic) bond motifs is 5. The van der Waals surface area contributed by atoms with E-state index in [1.54, 1.807) is 18.9 Å². The van der Waals surface area contributed by atoms with E-state index in [0.717, 1.165) is 62.7 Å². The van der Waals surface area contributed by atoms with Crippen LogP contribution in [0, 0.1) is 23.2 Å². The summed E-state index contributed by atoms with van der Waals surface area (Å²) >= 11 is 1.64. The van der Waals surface area contributed by atoms with Gasteiger partial charge in [-0.15, -0.1) is 11.8 Å². The Hall–Kier alpha value is -3.78. The van der Waals surface area contributed by atoms with Gasteiger partial charge in [0, 0.05) is 66.4 Å². The van der Waals surface area contributed by atoms with Gasteiger partial charge < -0.3 is 25.1 Å². The zero-order valence-corrected chi connectivity index (χ0v) is 33.2. The van der Waals surface area contributed by atoms with Gasteiger partial charge in [0.15, 0.2) is 0 Å². The molecule has 12 nitrogen and oxygen atoms in total. The van der Waals surface area contributed by atoms with Crippen LogP contribution in [-0.2, 0) is 36.8 Å². The summed E-state index contributed by atoms with van der Waals surface area (Å²) in [7, 11) is 1.70. The number of ether oxygens (including phenoxy) is 2. The van der Waals surface area contributed by atoms with Crippen molar-refractivity contribution in [2.24, 2.45) is 33.9 Å². The van der Waals surface area contributed by atoms with E-state index in [1.807, 2.05) is 19.2 Å². The molecule has 4 N–H and O–H groups in total.